The number of H-pyrrole nitrogens is 1. The van der Waals surface area contributed by atoms with E-state index in [0.29, 0.717) is 12.6 Å². The van der Waals surface area contributed by atoms with Gasteiger partial charge in [-0.25, -0.2) is 4.79 Å². The summed E-state index contributed by atoms with van der Waals surface area (Å²) in [4.78, 5) is 44.2. The summed E-state index contributed by atoms with van der Waals surface area (Å²) in [7, 11) is 0. The Labute approximate surface area is 173 Å². The van der Waals surface area contributed by atoms with Gasteiger partial charge in [0.15, 0.2) is 5.78 Å². The molecule has 2 aromatic rings. The van der Waals surface area contributed by atoms with E-state index in [2.05, 4.69) is 15.3 Å². The van der Waals surface area contributed by atoms with Crippen molar-refractivity contribution in [1.82, 2.24) is 15.3 Å². The van der Waals surface area contributed by atoms with Gasteiger partial charge in [0.05, 0.1) is 28.6 Å². The largest absolute Gasteiger partial charge is 0.461 e. The van der Waals surface area contributed by atoms with Crippen LogP contribution in [-0.2, 0) is 25.5 Å². The molecule has 0 aromatic carbocycles. The number of pyridine rings is 1. The van der Waals surface area contributed by atoms with E-state index in [1.165, 1.54) is 11.8 Å². The van der Waals surface area contributed by atoms with Crippen molar-refractivity contribution in [2.24, 2.45) is 0 Å². The molecule has 0 aliphatic heterocycles. The first-order chi connectivity index (χ1) is 13.8. The number of hydrogen-bond acceptors (Lipinski definition) is 7. The lowest BCUT2D eigenvalue weighted by Crippen LogP contribution is -2.46. The molecule has 0 fully saturated rings. The highest BCUT2D eigenvalue weighted by atomic mass is 32.2. The summed E-state index contributed by atoms with van der Waals surface area (Å²) < 4.78 is 5.21. The minimum absolute atomic E-state index is 0.0159. The molecule has 0 aliphatic carbocycles. The molecule has 156 valence electrons. The zero-order valence-corrected chi connectivity index (χ0v) is 17.5. The quantitative estimate of drug-likeness (QED) is 0.380. The van der Waals surface area contributed by atoms with Crippen LogP contribution in [0.4, 0.5) is 0 Å². The summed E-state index contributed by atoms with van der Waals surface area (Å²) in [5.41, 5.74) is 2.62. The predicted molar refractivity (Wildman–Crippen MR) is 113 cm³/mol. The number of nitrogens with zero attached hydrogens (tertiary/aromatic N) is 1. The number of thioether (sulfide) groups is 1. The molecule has 2 heterocycles. The first-order valence-electron chi connectivity index (χ1n) is 9.33. The number of amides is 1. The monoisotopic (exact) mass is 418 g/mol. The predicted octanol–water partition coefficient (Wildman–Crippen LogP) is 2.27. The molecule has 2 rings (SSSR count). The fraction of sp³-hybridized carbons (Fsp3) is 0.450. The van der Waals surface area contributed by atoms with Crippen LogP contribution in [0.15, 0.2) is 24.5 Å². The van der Waals surface area contributed by atoms with Gasteiger partial charge in [0, 0.05) is 18.8 Å². The van der Waals surface area contributed by atoms with Gasteiger partial charge in [-0.05, 0) is 50.6 Å². The van der Waals surface area contributed by atoms with Gasteiger partial charge in [-0.2, -0.15) is 11.8 Å². The number of aromatic amines is 1. The molecule has 0 unspecified atom stereocenters. The molecule has 29 heavy (non-hydrogen) atoms. The van der Waals surface area contributed by atoms with Gasteiger partial charge in [0.2, 0.25) is 5.91 Å². The normalized spacial score (nSPS) is 13.1. The smallest absolute Gasteiger partial charge is 0.328 e. The summed E-state index contributed by atoms with van der Waals surface area (Å²) in [6.07, 6.45) is 6.24. The lowest BCUT2D eigenvalue weighted by Gasteiger charge is -2.21. The number of ketones is 1. The highest BCUT2D eigenvalue weighted by Crippen LogP contribution is 2.21. The van der Waals surface area contributed by atoms with Crippen LogP contribution in [0.25, 0.3) is 11.0 Å². The third kappa shape index (κ3) is 6.42. The van der Waals surface area contributed by atoms with Crippen molar-refractivity contribution >= 4 is 46.7 Å². The average molecular weight is 419 g/mol. The maximum absolute atomic E-state index is 12.9. The second-order valence-electron chi connectivity index (χ2n) is 6.84. The van der Waals surface area contributed by atoms with E-state index in [1.807, 2.05) is 24.6 Å². The summed E-state index contributed by atoms with van der Waals surface area (Å²) in [6.45, 7) is 3.43. The lowest BCUT2D eigenvalue weighted by atomic mass is 10.1. The maximum Gasteiger partial charge on any atom is 0.328 e. The molecule has 0 saturated heterocycles. The molecular weight excluding hydrogens is 392 g/mol. The summed E-state index contributed by atoms with van der Waals surface area (Å²) in [5.74, 6) is -1.30. The van der Waals surface area contributed by atoms with Crippen LogP contribution in [0.5, 0.6) is 0 Å². The second kappa shape index (κ2) is 10.8. The van der Waals surface area contributed by atoms with Crippen molar-refractivity contribution in [3.05, 3.63) is 30.1 Å². The van der Waals surface area contributed by atoms with E-state index in [1.54, 1.807) is 20.0 Å². The van der Waals surface area contributed by atoms with Crippen molar-refractivity contribution < 1.29 is 19.1 Å². The van der Waals surface area contributed by atoms with Gasteiger partial charge in [-0.15, -0.1) is 0 Å². The number of fused-ring (bicyclic) bond motifs is 1. The summed E-state index contributed by atoms with van der Waals surface area (Å²) in [6, 6.07) is 2.81. The molecular formula is C20H26N4O4S. The number of nitrogens with one attached hydrogen (secondary N) is 3. The fourth-order valence-electron chi connectivity index (χ4n) is 2.84. The number of hydrogen-bond donors (Lipinski definition) is 3. The van der Waals surface area contributed by atoms with Crippen LogP contribution in [-0.4, -0.2) is 57.5 Å². The van der Waals surface area contributed by atoms with Crippen LogP contribution in [0.2, 0.25) is 0 Å². The van der Waals surface area contributed by atoms with Crippen molar-refractivity contribution in [3.63, 3.8) is 0 Å². The van der Waals surface area contributed by atoms with Crippen molar-refractivity contribution in [1.29, 1.82) is 5.41 Å². The van der Waals surface area contributed by atoms with E-state index in [0.717, 1.165) is 16.6 Å². The van der Waals surface area contributed by atoms with E-state index >= 15 is 0 Å². The number of rotatable bonds is 11. The molecule has 2 aromatic heterocycles. The van der Waals surface area contributed by atoms with Gasteiger partial charge in [-0.1, -0.05) is 0 Å². The molecule has 0 saturated carbocycles. The first kappa shape index (κ1) is 22.6. The zero-order chi connectivity index (χ0) is 21.4. The van der Waals surface area contributed by atoms with E-state index in [9.17, 15) is 14.4 Å². The number of ether oxygens (including phenoxy) is 1. The molecule has 0 aliphatic rings. The molecule has 3 N–H and O–H groups in total. The molecule has 8 nitrogen and oxygen atoms in total. The minimum Gasteiger partial charge on any atom is -0.461 e. The molecule has 9 heteroatoms. The average Bonchev–Trinajstić information content (AvgIpc) is 3.11. The van der Waals surface area contributed by atoms with Gasteiger partial charge >= 0.3 is 5.97 Å². The summed E-state index contributed by atoms with van der Waals surface area (Å²) in [5, 5.41) is 9.28. The number of carbonyl (C=O) groups excluding carboxylic acids is 3. The van der Waals surface area contributed by atoms with Crippen molar-refractivity contribution in [2.45, 2.75) is 50.5 Å². The number of esters is 1. The number of aromatic nitrogens is 2. The Morgan fingerprint density at radius 3 is 2.79 bits per heavy atom. The highest BCUT2D eigenvalue weighted by Gasteiger charge is 2.28. The topological polar surface area (TPSA) is 125 Å². The Kier molecular flexibility index (Phi) is 8.38. The molecule has 0 radical (unpaired) electrons. The van der Waals surface area contributed by atoms with Crippen LogP contribution < -0.4 is 5.32 Å². The van der Waals surface area contributed by atoms with Crippen LogP contribution in [0.3, 0.4) is 0 Å². The Bertz CT molecular complexity index is 880. The van der Waals surface area contributed by atoms with Crippen molar-refractivity contribution in [2.75, 3.05) is 6.26 Å². The van der Waals surface area contributed by atoms with Crippen LogP contribution >= 0.6 is 11.8 Å². The molecule has 0 bridgehead atoms. The van der Waals surface area contributed by atoms with Gasteiger partial charge < -0.3 is 20.4 Å². The Morgan fingerprint density at radius 2 is 2.14 bits per heavy atom. The molecule has 0 spiro atoms. The third-order valence-electron chi connectivity index (χ3n) is 4.29. The minimum atomic E-state index is -0.940. The molecule has 1 amide bonds. The zero-order valence-electron chi connectivity index (χ0n) is 16.7. The number of carbonyl (C=O) groups is 3. The standard InChI is InChI=1S/C20H26N4O4S/c1-12(2)28-20(27)16(7-6-14(25)10-21)24-19(26)17(29-3)9-13-11-23-15-5-4-8-22-18(13)15/h4-5,8,10-12,16-17,21,23H,6-7,9H2,1-3H3,(H,24,26)/t16-,17-/m0/s1. The van der Waals surface area contributed by atoms with Crippen LogP contribution in [0.1, 0.15) is 32.3 Å². The Hall–Kier alpha value is -2.68. The van der Waals surface area contributed by atoms with Gasteiger partial charge in [-0.3, -0.25) is 14.6 Å². The Morgan fingerprint density at radius 1 is 1.38 bits per heavy atom. The summed E-state index contributed by atoms with van der Waals surface area (Å²) >= 11 is 1.37. The fourth-order valence-corrected chi connectivity index (χ4v) is 3.46. The first-order valence-corrected chi connectivity index (χ1v) is 10.6. The van der Waals surface area contributed by atoms with E-state index < -0.39 is 23.0 Å². The highest BCUT2D eigenvalue weighted by molar-refractivity contribution is 7.99. The maximum atomic E-state index is 12.9. The van der Waals surface area contributed by atoms with Crippen LogP contribution in [0, 0.1) is 5.41 Å². The molecule has 2 atom stereocenters. The lowest BCUT2D eigenvalue weighted by molar-refractivity contribution is -0.151. The number of Topliss-reactive ketones (excluding diaryl/α,β-unsaturated/α-hetero) is 1. The van der Waals surface area contributed by atoms with Crippen molar-refractivity contribution in [3.8, 4) is 0 Å². The van der Waals surface area contributed by atoms with Gasteiger partial charge in [0.1, 0.15) is 6.04 Å². The second-order valence-corrected chi connectivity index (χ2v) is 7.88. The Balaban J connectivity index is 2.10. The van der Waals surface area contributed by atoms with E-state index in [-0.39, 0.29) is 24.9 Å². The third-order valence-corrected chi connectivity index (χ3v) is 5.24. The van der Waals surface area contributed by atoms with E-state index in [4.69, 9.17) is 10.1 Å². The SMILES string of the molecule is CS[C@@H](Cc1c[nH]c2cccnc12)C(=O)N[C@@H](CCC(=O)C=N)C(=O)OC(C)C. The van der Waals surface area contributed by atoms with Gasteiger partial charge in [0.25, 0.3) is 0 Å².